The first-order valence-electron chi connectivity index (χ1n) is 10.8. The van der Waals surface area contributed by atoms with Gasteiger partial charge >= 0.3 is 6.18 Å². The summed E-state index contributed by atoms with van der Waals surface area (Å²) in [6.07, 6.45) is -3.13. The van der Waals surface area contributed by atoms with Crippen molar-refractivity contribution in [2.45, 2.75) is 6.18 Å². The van der Waals surface area contributed by atoms with Gasteiger partial charge < -0.3 is 0 Å². The molecule has 11 heteroatoms. The first-order valence-corrected chi connectivity index (χ1v) is 11.6. The van der Waals surface area contributed by atoms with Crippen molar-refractivity contribution in [3.05, 3.63) is 102 Å². The van der Waals surface area contributed by atoms with Crippen molar-refractivity contribution < 1.29 is 22.4 Å². The standard InChI is InChI=1S/C26H15F4N5OS/c27-17-10-8-15(9-11-17)22-13-20(19-6-1-2-7-21(19)32-22)24(36)33-25-31-14-23(37-25)35-34-18-5-3-4-16(12-18)26(28,29)30/h1-14H,(H,31,33,36). The fourth-order valence-electron chi connectivity index (χ4n) is 3.52. The number of hydrogen-bond donors (Lipinski definition) is 1. The van der Waals surface area contributed by atoms with E-state index in [-0.39, 0.29) is 16.6 Å². The van der Waals surface area contributed by atoms with Crippen molar-refractivity contribution in [2.75, 3.05) is 5.32 Å². The third-order valence-corrected chi connectivity index (χ3v) is 6.05. The summed E-state index contributed by atoms with van der Waals surface area (Å²) < 4.78 is 52.0. The molecule has 1 amide bonds. The largest absolute Gasteiger partial charge is 0.416 e. The Kier molecular flexibility index (Phi) is 6.45. The quantitative estimate of drug-likeness (QED) is 0.187. The van der Waals surface area contributed by atoms with Crippen LogP contribution in [0.3, 0.4) is 0 Å². The first kappa shape index (κ1) is 24.2. The summed E-state index contributed by atoms with van der Waals surface area (Å²) >= 11 is 1.01. The lowest BCUT2D eigenvalue weighted by molar-refractivity contribution is -0.137. The SMILES string of the molecule is O=C(Nc1ncc(N=Nc2cccc(C(F)(F)F)c2)s1)c1cc(-c2ccc(F)cc2)nc2ccccc12. The van der Waals surface area contributed by atoms with Crippen molar-refractivity contribution in [1.82, 2.24) is 9.97 Å². The molecule has 0 spiro atoms. The van der Waals surface area contributed by atoms with E-state index < -0.39 is 17.6 Å². The highest BCUT2D eigenvalue weighted by Gasteiger charge is 2.30. The highest BCUT2D eigenvalue weighted by atomic mass is 32.1. The van der Waals surface area contributed by atoms with E-state index in [1.165, 1.54) is 30.5 Å². The topological polar surface area (TPSA) is 79.6 Å². The number of rotatable bonds is 5. The van der Waals surface area contributed by atoms with Crippen molar-refractivity contribution in [2.24, 2.45) is 10.2 Å². The Labute approximate surface area is 211 Å². The number of halogens is 4. The average Bonchev–Trinajstić information content (AvgIpc) is 3.34. The number of carbonyl (C=O) groups excluding carboxylic acids is 1. The predicted octanol–water partition coefficient (Wildman–Crippen LogP) is 8.18. The van der Waals surface area contributed by atoms with Gasteiger partial charge in [-0.3, -0.25) is 10.1 Å². The van der Waals surface area contributed by atoms with E-state index in [1.807, 2.05) is 0 Å². The maximum atomic E-state index is 13.4. The van der Waals surface area contributed by atoms with Crippen LogP contribution in [-0.4, -0.2) is 15.9 Å². The van der Waals surface area contributed by atoms with E-state index >= 15 is 0 Å². The van der Waals surface area contributed by atoms with Gasteiger partial charge in [-0.15, -0.1) is 10.2 Å². The highest BCUT2D eigenvalue weighted by molar-refractivity contribution is 7.19. The molecule has 0 atom stereocenters. The lowest BCUT2D eigenvalue weighted by Crippen LogP contribution is -2.12. The van der Waals surface area contributed by atoms with Gasteiger partial charge in [-0.1, -0.05) is 35.6 Å². The Morgan fingerprint density at radius 1 is 0.919 bits per heavy atom. The number of alkyl halides is 3. The van der Waals surface area contributed by atoms with Gasteiger partial charge in [-0.25, -0.2) is 14.4 Å². The Bertz CT molecular complexity index is 1630. The number of amides is 1. The van der Waals surface area contributed by atoms with Gasteiger partial charge in [-0.05, 0) is 54.6 Å². The van der Waals surface area contributed by atoms with Crippen molar-refractivity contribution in [3.63, 3.8) is 0 Å². The van der Waals surface area contributed by atoms with Gasteiger partial charge in [0.1, 0.15) is 5.82 Å². The smallest absolute Gasteiger partial charge is 0.298 e. The number of azo groups is 1. The number of thiazole rings is 1. The molecule has 37 heavy (non-hydrogen) atoms. The average molecular weight is 521 g/mol. The number of hydrogen-bond acceptors (Lipinski definition) is 6. The number of anilines is 1. The molecular formula is C26H15F4N5OS. The minimum atomic E-state index is -4.48. The van der Waals surface area contributed by atoms with Gasteiger partial charge in [0, 0.05) is 10.9 Å². The van der Waals surface area contributed by atoms with Crippen LogP contribution >= 0.6 is 11.3 Å². The van der Waals surface area contributed by atoms with E-state index in [0.29, 0.717) is 32.7 Å². The molecule has 5 rings (SSSR count). The zero-order valence-electron chi connectivity index (χ0n) is 18.7. The van der Waals surface area contributed by atoms with Crippen LogP contribution in [0.1, 0.15) is 15.9 Å². The molecule has 0 aliphatic heterocycles. The fraction of sp³-hybridized carbons (Fsp3) is 0.0385. The number of nitrogens with one attached hydrogen (secondary N) is 1. The van der Waals surface area contributed by atoms with Crippen LogP contribution in [0.15, 0.2) is 95.3 Å². The molecule has 0 radical (unpaired) electrons. The minimum absolute atomic E-state index is 0.0328. The zero-order chi connectivity index (χ0) is 26.0. The Hall–Kier alpha value is -4.51. The van der Waals surface area contributed by atoms with Crippen LogP contribution in [0.4, 0.5) is 33.4 Å². The molecular weight excluding hydrogens is 506 g/mol. The Morgan fingerprint density at radius 2 is 1.70 bits per heavy atom. The van der Waals surface area contributed by atoms with Gasteiger partial charge in [0.2, 0.25) is 0 Å². The van der Waals surface area contributed by atoms with Crippen LogP contribution in [0.5, 0.6) is 0 Å². The zero-order valence-corrected chi connectivity index (χ0v) is 19.5. The maximum Gasteiger partial charge on any atom is 0.416 e. The van der Waals surface area contributed by atoms with E-state index in [4.69, 9.17) is 0 Å². The summed E-state index contributed by atoms with van der Waals surface area (Å²) in [4.78, 5) is 21.9. The van der Waals surface area contributed by atoms with Crippen LogP contribution < -0.4 is 5.32 Å². The molecule has 2 aromatic heterocycles. The second kappa shape index (κ2) is 9.86. The van der Waals surface area contributed by atoms with E-state index in [2.05, 4.69) is 25.5 Å². The summed E-state index contributed by atoms with van der Waals surface area (Å²) in [5, 5.41) is 11.6. The van der Waals surface area contributed by atoms with E-state index in [0.717, 1.165) is 23.5 Å². The van der Waals surface area contributed by atoms with Crippen LogP contribution in [0.2, 0.25) is 0 Å². The summed E-state index contributed by atoms with van der Waals surface area (Å²) in [6.45, 7) is 0. The monoisotopic (exact) mass is 521 g/mol. The number of fused-ring (bicyclic) bond motifs is 1. The summed E-state index contributed by atoms with van der Waals surface area (Å²) in [7, 11) is 0. The van der Waals surface area contributed by atoms with Crippen LogP contribution in [0.25, 0.3) is 22.2 Å². The number of pyridine rings is 1. The molecule has 0 aliphatic carbocycles. The molecule has 0 saturated heterocycles. The Morgan fingerprint density at radius 3 is 2.49 bits per heavy atom. The van der Waals surface area contributed by atoms with Crippen LogP contribution in [0, 0.1) is 5.82 Å². The molecule has 0 fully saturated rings. The van der Waals surface area contributed by atoms with Crippen LogP contribution in [-0.2, 0) is 6.18 Å². The predicted molar refractivity (Wildman–Crippen MR) is 133 cm³/mol. The second-order valence-corrected chi connectivity index (χ2v) is 8.79. The summed E-state index contributed by atoms with van der Waals surface area (Å²) in [5.41, 5.74) is 1.28. The van der Waals surface area contributed by atoms with Gasteiger partial charge in [0.25, 0.3) is 5.91 Å². The molecule has 0 unspecified atom stereocenters. The Balaban J connectivity index is 1.39. The molecule has 0 aliphatic rings. The molecule has 6 nitrogen and oxygen atoms in total. The van der Waals surface area contributed by atoms with Gasteiger partial charge in [0.05, 0.1) is 34.2 Å². The van der Waals surface area contributed by atoms with Gasteiger partial charge in [0.15, 0.2) is 10.1 Å². The highest BCUT2D eigenvalue weighted by Crippen LogP contribution is 2.33. The number of nitrogens with zero attached hydrogens (tertiary/aromatic N) is 4. The molecule has 5 aromatic rings. The summed E-state index contributed by atoms with van der Waals surface area (Å²) in [6, 6.07) is 19.0. The normalized spacial score (nSPS) is 11.8. The molecule has 0 saturated carbocycles. The lowest BCUT2D eigenvalue weighted by atomic mass is 10.0. The van der Waals surface area contributed by atoms with Gasteiger partial charge in [-0.2, -0.15) is 13.2 Å². The maximum absolute atomic E-state index is 13.4. The molecule has 184 valence electrons. The summed E-state index contributed by atoms with van der Waals surface area (Å²) in [5.74, 6) is -0.829. The lowest BCUT2D eigenvalue weighted by Gasteiger charge is -2.09. The van der Waals surface area contributed by atoms with Crippen molar-refractivity contribution >= 4 is 44.0 Å². The number of aromatic nitrogens is 2. The number of benzene rings is 3. The first-order chi connectivity index (χ1) is 17.8. The fourth-order valence-corrected chi connectivity index (χ4v) is 4.15. The molecule has 3 aromatic carbocycles. The number of carbonyl (C=O) groups is 1. The third kappa shape index (κ3) is 5.51. The number of para-hydroxylation sites is 1. The minimum Gasteiger partial charge on any atom is -0.298 e. The second-order valence-electron chi connectivity index (χ2n) is 7.78. The van der Waals surface area contributed by atoms with Crippen molar-refractivity contribution in [1.29, 1.82) is 0 Å². The van der Waals surface area contributed by atoms with Crippen molar-refractivity contribution in [3.8, 4) is 11.3 Å². The van der Waals surface area contributed by atoms with E-state index in [1.54, 1.807) is 42.5 Å². The molecule has 1 N–H and O–H groups in total. The molecule has 0 bridgehead atoms. The van der Waals surface area contributed by atoms with E-state index in [9.17, 15) is 22.4 Å². The third-order valence-electron chi connectivity index (χ3n) is 5.25. The molecule has 2 heterocycles.